The molecule has 0 spiro atoms. The van der Waals surface area contributed by atoms with Crippen molar-refractivity contribution in [2.24, 2.45) is 0 Å². The van der Waals surface area contributed by atoms with E-state index in [2.05, 4.69) is 121 Å². The summed E-state index contributed by atoms with van der Waals surface area (Å²) >= 11 is 0. The highest BCUT2D eigenvalue weighted by atomic mass is 16.7. The van der Waals surface area contributed by atoms with Gasteiger partial charge in [-0.2, -0.15) is 0 Å². The van der Waals surface area contributed by atoms with E-state index in [1.54, 1.807) is 0 Å². The van der Waals surface area contributed by atoms with E-state index in [-0.39, 0.29) is 18.2 Å². The van der Waals surface area contributed by atoms with Crippen LogP contribution in [-0.4, -0.2) is 6.41 Å². The number of rotatable bonds is 5. The Hall–Kier alpha value is -3.50. The Kier molecular flexibility index (Phi) is 5.60. The number of benzene rings is 5. The minimum atomic E-state index is -0.525. The quantitative estimate of drug-likeness (QED) is 0.305. The molecule has 1 unspecified atom stereocenters. The Morgan fingerprint density at radius 1 is 0.559 bits per heavy atom. The molecule has 1 saturated heterocycles. The second kappa shape index (κ2) is 9.03. The number of hydrogen-bond donors (Lipinski definition) is 1. The van der Waals surface area contributed by atoms with Crippen molar-refractivity contribution in [1.82, 2.24) is 5.32 Å². The van der Waals surface area contributed by atoms with Gasteiger partial charge in [0, 0.05) is 6.04 Å². The highest BCUT2D eigenvalue weighted by Gasteiger charge is 2.40. The van der Waals surface area contributed by atoms with Crippen molar-refractivity contribution < 1.29 is 9.47 Å². The van der Waals surface area contributed by atoms with Crippen LogP contribution >= 0.6 is 0 Å². The van der Waals surface area contributed by atoms with Crippen molar-refractivity contribution in [2.75, 3.05) is 0 Å². The summed E-state index contributed by atoms with van der Waals surface area (Å²) in [6.07, 6.45) is -1.00. The van der Waals surface area contributed by atoms with E-state index in [0.29, 0.717) is 0 Å². The van der Waals surface area contributed by atoms with Gasteiger partial charge in [-0.1, -0.05) is 115 Å². The molecule has 34 heavy (non-hydrogen) atoms. The lowest BCUT2D eigenvalue weighted by Crippen LogP contribution is -2.32. The lowest BCUT2D eigenvalue weighted by Gasteiger charge is -2.20. The van der Waals surface area contributed by atoms with Crippen molar-refractivity contribution in [3.05, 3.63) is 132 Å². The zero-order chi connectivity index (χ0) is 22.9. The van der Waals surface area contributed by atoms with Crippen LogP contribution < -0.4 is 5.32 Å². The first-order valence-corrected chi connectivity index (χ1v) is 11.9. The Morgan fingerprint density at radius 3 is 1.59 bits per heavy atom. The zero-order valence-electron chi connectivity index (χ0n) is 19.1. The third-order valence-electron chi connectivity index (χ3n) is 6.76. The minimum Gasteiger partial charge on any atom is -0.328 e. The molecule has 168 valence electrons. The Bertz CT molecular complexity index is 1330. The van der Waals surface area contributed by atoms with Gasteiger partial charge in [-0.15, -0.1) is 0 Å². The highest BCUT2D eigenvalue weighted by molar-refractivity contribution is 5.88. The lowest BCUT2D eigenvalue weighted by molar-refractivity contribution is -0.0954. The van der Waals surface area contributed by atoms with Crippen LogP contribution in [0.15, 0.2) is 115 Å². The van der Waals surface area contributed by atoms with Crippen LogP contribution in [0.2, 0.25) is 0 Å². The molecule has 3 nitrogen and oxygen atoms in total. The van der Waals surface area contributed by atoms with Crippen molar-refractivity contribution in [3.63, 3.8) is 0 Å². The molecular formula is C31H27NO2. The van der Waals surface area contributed by atoms with E-state index in [4.69, 9.17) is 9.47 Å². The molecule has 0 saturated carbocycles. The molecule has 0 amide bonds. The fraction of sp³-hybridized carbons (Fsp3) is 0.161. The normalized spacial score (nSPS) is 19.6. The molecule has 1 heterocycles. The topological polar surface area (TPSA) is 30.5 Å². The summed E-state index contributed by atoms with van der Waals surface area (Å²) in [7, 11) is 0. The maximum Gasteiger partial charge on any atom is 0.217 e. The summed E-state index contributed by atoms with van der Waals surface area (Å²) in [6, 6.07) is 40.3. The summed E-state index contributed by atoms with van der Waals surface area (Å²) in [5.74, 6) is 0. The molecule has 1 N–H and O–H groups in total. The van der Waals surface area contributed by atoms with Crippen LogP contribution in [0.3, 0.4) is 0 Å². The van der Waals surface area contributed by atoms with E-state index < -0.39 is 6.41 Å². The van der Waals surface area contributed by atoms with Gasteiger partial charge < -0.3 is 9.47 Å². The monoisotopic (exact) mass is 445 g/mol. The molecule has 0 aromatic heterocycles. The number of nitrogens with one attached hydrogen (secondary N) is 1. The lowest BCUT2D eigenvalue weighted by atomic mass is 9.91. The van der Waals surface area contributed by atoms with E-state index in [9.17, 15) is 0 Å². The second-order valence-corrected chi connectivity index (χ2v) is 8.88. The van der Waals surface area contributed by atoms with Gasteiger partial charge in [0.1, 0.15) is 12.2 Å². The first kappa shape index (κ1) is 21.1. The molecule has 0 aliphatic carbocycles. The maximum absolute atomic E-state index is 6.63. The second-order valence-electron chi connectivity index (χ2n) is 8.88. The molecule has 0 radical (unpaired) electrons. The average Bonchev–Trinajstić information content (AvgIpc) is 3.31. The molecule has 1 aliphatic rings. The summed E-state index contributed by atoms with van der Waals surface area (Å²) in [4.78, 5) is 0. The molecule has 6 rings (SSSR count). The van der Waals surface area contributed by atoms with Gasteiger partial charge in [0.25, 0.3) is 0 Å². The van der Waals surface area contributed by atoms with Gasteiger partial charge in [0.15, 0.2) is 0 Å². The third kappa shape index (κ3) is 3.88. The van der Waals surface area contributed by atoms with E-state index in [1.807, 2.05) is 6.07 Å². The Balaban J connectivity index is 1.42. The molecule has 5 aromatic carbocycles. The maximum atomic E-state index is 6.63. The third-order valence-corrected chi connectivity index (χ3v) is 6.76. The molecule has 3 atom stereocenters. The Morgan fingerprint density at radius 2 is 1.03 bits per heavy atom. The van der Waals surface area contributed by atoms with Crippen LogP contribution in [-0.2, 0) is 9.47 Å². The summed E-state index contributed by atoms with van der Waals surface area (Å²) in [5, 5.41) is 8.34. The predicted octanol–water partition coefficient (Wildman–Crippen LogP) is 7.46. The van der Waals surface area contributed by atoms with Crippen LogP contribution in [0.25, 0.3) is 21.5 Å². The van der Waals surface area contributed by atoms with Gasteiger partial charge in [0.2, 0.25) is 6.41 Å². The van der Waals surface area contributed by atoms with Crippen molar-refractivity contribution in [3.8, 4) is 0 Å². The molecule has 5 aromatic rings. The average molecular weight is 446 g/mol. The van der Waals surface area contributed by atoms with Crippen LogP contribution in [0, 0.1) is 0 Å². The predicted molar refractivity (Wildman–Crippen MR) is 137 cm³/mol. The standard InChI is InChI=1S/C31H27NO2/c1-21(22-11-3-2-4-12-22)32-31-33-29(27-19-9-15-23-13-5-7-17-25(23)27)30(34-31)28-20-10-16-24-14-6-8-18-26(24)28/h2-21,29-32H,1H3/t21?,29-,30-/m1/s1. The van der Waals surface area contributed by atoms with Crippen LogP contribution in [0.4, 0.5) is 0 Å². The number of ether oxygens (including phenoxy) is 2. The summed E-state index contributed by atoms with van der Waals surface area (Å²) < 4.78 is 13.3. The highest BCUT2D eigenvalue weighted by Crippen LogP contribution is 2.46. The Labute approximate surface area is 200 Å². The van der Waals surface area contributed by atoms with Gasteiger partial charge in [0.05, 0.1) is 0 Å². The van der Waals surface area contributed by atoms with Crippen molar-refractivity contribution >= 4 is 21.5 Å². The largest absolute Gasteiger partial charge is 0.328 e. The number of fused-ring (bicyclic) bond motifs is 2. The zero-order valence-corrected chi connectivity index (χ0v) is 19.1. The molecule has 1 fully saturated rings. The molecular weight excluding hydrogens is 418 g/mol. The van der Waals surface area contributed by atoms with Gasteiger partial charge in [-0.25, -0.2) is 0 Å². The van der Waals surface area contributed by atoms with Crippen LogP contribution in [0.1, 0.15) is 41.9 Å². The van der Waals surface area contributed by atoms with Crippen LogP contribution in [0.5, 0.6) is 0 Å². The molecule has 0 bridgehead atoms. The van der Waals surface area contributed by atoms with E-state index >= 15 is 0 Å². The van der Waals surface area contributed by atoms with Crippen molar-refractivity contribution in [2.45, 2.75) is 31.6 Å². The van der Waals surface area contributed by atoms with Crippen molar-refractivity contribution in [1.29, 1.82) is 0 Å². The fourth-order valence-electron chi connectivity index (χ4n) is 5.03. The summed E-state index contributed by atoms with van der Waals surface area (Å²) in [5.41, 5.74) is 3.49. The smallest absolute Gasteiger partial charge is 0.217 e. The molecule has 3 heteroatoms. The number of hydrogen-bond acceptors (Lipinski definition) is 3. The van der Waals surface area contributed by atoms with E-state index in [1.165, 1.54) is 27.1 Å². The summed E-state index contributed by atoms with van der Waals surface area (Å²) in [6.45, 7) is 2.14. The first-order valence-electron chi connectivity index (χ1n) is 11.9. The molecule has 1 aliphatic heterocycles. The fourth-order valence-corrected chi connectivity index (χ4v) is 5.03. The van der Waals surface area contributed by atoms with E-state index in [0.717, 1.165) is 11.1 Å². The van der Waals surface area contributed by atoms with Gasteiger partial charge in [-0.05, 0) is 45.2 Å². The minimum absolute atomic E-state index is 0.0886. The van der Waals surface area contributed by atoms with Gasteiger partial charge >= 0.3 is 0 Å². The first-order chi connectivity index (χ1) is 16.8. The SMILES string of the molecule is CC(NC1O[C@H](c2cccc3ccccc23)[C@@H](c2cccc3ccccc23)O1)c1ccccc1. The van der Waals surface area contributed by atoms with Gasteiger partial charge in [-0.3, -0.25) is 5.32 Å².